The number of hydrogen-bond acceptors (Lipinski definition) is 5. The number of anilines is 1. The minimum absolute atomic E-state index is 0.0129. The van der Waals surface area contributed by atoms with Crippen molar-refractivity contribution >= 4 is 39.3 Å². The second kappa shape index (κ2) is 11.1. The number of sulfonamides is 1. The summed E-state index contributed by atoms with van der Waals surface area (Å²) >= 11 is 1.42. The van der Waals surface area contributed by atoms with Crippen molar-refractivity contribution in [2.24, 2.45) is 5.14 Å². The number of thioether (sulfide) groups is 1. The van der Waals surface area contributed by atoms with Crippen molar-refractivity contribution in [3.8, 4) is 0 Å². The Morgan fingerprint density at radius 2 is 1.48 bits per heavy atom. The molecule has 10 heteroatoms. The van der Waals surface area contributed by atoms with Crippen LogP contribution in [-0.2, 0) is 27.1 Å². The highest BCUT2D eigenvalue weighted by atomic mass is 32.2. The Kier molecular flexibility index (Phi) is 8.21. The van der Waals surface area contributed by atoms with Crippen LogP contribution >= 0.6 is 11.8 Å². The number of carbonyl (C=O) groups is 2. The first-order valence-electron chi connectivity index (χ1n) is 9.83. The zero-order chi connectivity index (χ0) is 23.8. The van der Waals surface area contributed by atoms with E-state index in [9.17, 15) is 22.4 Å². The smallest absolute Gasteiger partial charge is 0.251 e. The first kappa shape index (κ1) is 24.4. The molecular weight excluding hydrogens is 465 g/mol. The van der Waals surface area contributed by atoms with Crippen LogP contribution in [0.15, 0.2) is 77.7 Å². The summed E-state index contributed by atoms with van der Waals surface area (Å²) in [7, 11) is -3.75. The fraction of sp³-hybridized carbons (Fsp3) is 0.130. The summed E-state index contributed by atoms with van der Waals surface area (Å²) in [6.45, 7) is 0.241. The molecule has 0 heterocycles. The van der Waals surface area contributed by atoms with Gasteiger partial charge < -0.3 is 10.6 Å². The van der Waals surface area contributed by atoms with Gasteiger partial charge in [-0.3, -0.25) is 9.59 Å². The number of rotatable bonds is 9. The normalized spacial score (nSPS) is 11.1. The van der Waals surface area contributed by atoms with Gasteiger partial charge in [0.1, 0.15) is 5.82 Å². The topological polar surface area (TPSA) is 118 Å². The van der Waals surface area contributed by atoms with E-state index in [4.69, 9.17) is 5.14 Å². The molecule has 0 saturated heterocycles. The summed E-state index contributed by atoms with van der Waals surface area (Å²) < 4.78 is 35.5. The summed E-state index contributed by atoms with van der Waals surface area (Å²) in [4.78, 5) is 24.3. The maximum Gasteiger partial charge on any atom is 0.251 e. The lowest BCUT2D eigenvalue weighted by Gasteiger charge is -2.08. The van der Waals surface area contributed by atoms with Crippen LogP contribution in [0.1, 0.15) is 21.5 Å². The lowest BCUT2D eigenvalue weighted by atomic mass is 10.1. The number of benzene rings is 3. The third-order valence-corrected chi connectivity index (χ3v) is 6.48. The summed E-state index contributed by atoms with van der Waals surface area (Å²) in [5.74, 6) is 0.0281. The Morgan fingerprint density at radius 3 is 2.09 bits per heavy atom. The van der Waals surface area contributed by atoms with Gasteiger partial charge in [0, 0.05) is 23.5 Å². The van der Waals surface area contributed by atoms with Crippen LogP contribution in [0.25, 0.3) is 0 Å². The van der Waals surface area contributed by atoms with E-state index >= 15 is 0 Å². The Labute approximate surface area is 195 Å². The average molecular weight is 488 g/mol. The molecule has 33 heavy (non-hydrogen) atoms. The Bertz CT molecular complexity index is 1210. The molecule has 4 N–H and O–H groups in total. The van der Waals surface area contributed by atoms with Crippen LogP contribution in [0.4, 0.5) is 10.1 Å². The van der Waals surface area contributed by atoms with E-state index in [0.717, 1.165) is 11.1 Å². The third-order valence-electron chi connectivity index (χ3n) is 4.55. The lowest BCUT2D eigenvalue weighted by Crippen LogP contribution is -2.22. The quantitative estimate of drug-likeness (QED) is 0.428. The van der Waals surface area contributed by atoms with Gasteiger partial charge in [0.05, 0.1) is 10.6 Å². The highest BCUT2D eigenvalue weighted by molar-refractivity contribution is 7.99. The van der Waals surface area contributed by atoms with Gasteiger partial charge in [0.15, 0.2) is 0 Å². The lowest BCUT2D eigenvalue weighted by molar-refractivity contribution is -0.113. The Morgan fingerprint density at radius 1 is 0.879 bits per heavy atom. The molecule has 0 atom stereocenters. The fourth-order valence-electron chi connectivity index (χ4n) is 2.83. The van der Waals surface area contributed by atoms with Gasteiger partial charge in [-0.15, -0.1) is 11.8 Å². The van der Waals surface area contributed by atoms with E-state index < -0.39 is 10.0 Å². The molecular formula is C23H22FN3O4S2. The molecule has 0 bridgehead atoms. The van der Waals surface area contributed by atoms with Gasteiger partial charge in [0.25, 0.3) is 5.91 Å². The number of nitrogens with two attached hydrogens (primary N) is 1. The van der Waals surface area contributed by atoms with Gasteiger partial charge in [-0.2, -0.15) is 0 Å². The highest BCUT2D eigenvalue weighted by Gasteiger charge is 2.09. The van der Waals surface area contributed by atoms with E-state index in [1.165, 1.54) is 48.2 Å². The molecule has 172 valence electrons. The van der Waals surface area contributed by atoms with E-state index in [1.54, 1.807) is 24.3 Å². The van der Waals surface area contributed by atoms with E-state index in [2.05, 4.69) is 10.6 Å². The second-order valence-corrected chi connectivity index (χ2v) is 9.66. The van der Waals surface area contributed by atoms with Crippen LogP contribution in [0.5, 0.6) is 0 Å². The monoisotopic (exact) mass is 487 g/mol. The first-order valence-corrected chi connectivity index (χ1v) is 12.5. The van der Waals surface area contributed by atoms with Gasteiger partial charge >= 0.3 is 0 Å². The van der Waals surface area contributed by atoms with E-state index in [1.807, 2.05) is 12.1 Å². The molecule has 3 aromatic carbocycles. The molecule has 0 aliphatic rings. The number of nitrogens with one attached hydrogen (secondary N) is 2. The maximum absolute atomic E-state index is 12.9. The number of primary sulfonamides is 1. The predicted octanol–water partition coefficient (Wildman–Crippen LogP) is 3.28. The number of halogens is 1. The standard InChI is InChI=1S/C23H22FN3O4S2/c24-19-7-9-20(10-8-19)27-22(28)15-32-14-17-1-5-18(6-2-17)23(29)26-13-16-3-11-21(12-4-16)33(25,30)31/h1-12H,13-15H2,(H,26,29)(H,27,28)(H2,25,30,31). The summed E-state index contributed by atoms with van der Waals surface area (Å²) in [5, 5.41) is 10.5. The van der Waals surface area contributed by atoms with Crippen molar-refractivity contribution < 1.29 is 22.4 Å². The summed E-state index contributed by atoms with van der Waals surface area (Å²) in [5.41, 5.74) is 2.73. The second-order valence-electron chi connectivity index (χ2n) is 7.12. The van der Waals surface area contributed by atoms with Crippen LogP contribution in [0.3, 0.4) is 0 Å². The van der Waals surface area contributed by atoms with E-state index in [-0.39, 0.29) is 34.8 Å². The SMILES string of the molecule is NS(=O)(=O)c1ccc(CNC(=O)c2ccc(CSCC(=O)Nc3ccc(F)cc3)cc2)cc1. The predicted molar refractivity (Wildman–Crippen MR) is 127 cm³/mol. The molecule has 0 fully saturated rings. The van der Waals surface area contributed by atoms with Crippen LogP contribution in [-0.4, -0.2) is 26.0 Å². The Hall–Kier alpha value is -3.21. The molecule has 0 aromatic heterocycles. The Balaban J connectivity index is 1.43. The molecule has 0 aliphatic carbocycles. The highest BCUT2D eigenvalue weighted by Crippen LogP contribution is 2.15. The summed E-state index contributed by atoms with van der Waals surface area (Å²) in [6.07, 6.45) is 0. The molecule has 2 amide bonds. The molecule has 3 rings (SSSR count). The average Bonchev–Trinajstić information content (AvgIpc) is 2.79. The summed E-state index contributed by atoms with van der Waals surface area (Å²) in [6, 6.07) is 18.6. The van der Waals surface area contributed by atoms with Gasteiger partial charge in [-0.05, 0) is 59.7 Å². The third kappa shape index (κ3) is 7.70. The van der Waals surface area contributed by atoms with E-state index in [0.29, 0.717) is 17.0 Å². The zero-order valence-electron chi connectivity index (χ0n) is 17.5. The van der Waals surface area contributed by atoms with Crippen molar-refractivity contribution in [3.63, 3.8) is 0 Å². The minimum Gasteiger partial charge on any atom is -0.348 e. The fourth-order valence-corrected chi connectivity index (χ4v) is 4.13. The molecule has 3 aromatic rings. The first-order chi connectivity index (χ1) is 15.7. The molecule has 0 unspecified atom stereocenters. The van der Waals surface area contributed by atoms with Crippen LogP contribution in [0.2, 0.25) is 0 Å². The molecule has 0 radical (unpaired) electrons. The van der Waals surface area contributed by atoms with Crippen molar-refractivity contribution in [2.45, 2.75) is 17.2 Å². The molecule has 7 nitrogen and oxygen atoms in total. The largest absolute Gasteiger partial charge is 0.348 e. The van der Waals surface area contributed by atoms with Crippen molar-refractivity contribution in [2.75, 3.05) is 11.1 Å². The van der Waals surface area contributed by atoms with Gasteiger partial charge in [0.2, 0.25) is 15.9 Å². The van der Waals surface area contributed by atoms with Crippen molar-refractivity contribution in [1.82, 2.24) is 5.32 Å². The van der Waals surface area contributed by atoms with Crippen molar-refractivity contribution in [1.29, 1.82) is 0 Å². The maximum atomic E-state index is 12.9. The molecule has 0 aliphatic heterocycles. The van der Waals surface area contributed by atoms with Gasteiger partial charge in [-0.25, -0.2) is 17.9 Å². The number of amides is 2. The zero-order valence-corrected chi connectivity index (χ0v) is 19.1. The van der Waals surface area contributed by atoms with Crippen molar-refractivity contribution in [3.05, 3.63) is 95.3 Å². The van der Waals surface area contributed by atoms with Crippen LogP contribution in [0, 0.1) is 5.82 Å². The number of carbonyl (C=O) groups excluding carboxylic acids is 2. The minimum atomic E-state index is -3.75. The number of hydrogen-bond donors (Lipinski definition) is 3. The molecule has 0 spiro atoms. The van der Waals surface area contributed by atoms with Crippen LogP contribution < -0.4 is 15.8 Å². The van der Waals surface area contributed by atoms with Gasteiger partial charge in [-0.1, -0.05) is 24.3 Å². The molecule has 0 saturated carbocycles.